The Labute approximate surface area is 128 Å². The van der Waals surface area contributed by atoms with Crippen molar-refractivity contribution in [3.05, 3.63) is 52.3 Å². The number of nitrogens with one attached hydrogen (secondary N) is 1. The molecule has 2 rings (SSSR count). The van der Waals surface area contributed by atoms with Crippen molar-refractivity contribution in [2.24, 2.45) is 12.8 Å². The molecule has 0 unspecified atom stereocenters. The number of aryl methyl sites for hydroxylation is 2. The first-order valence-electron chi connectivity index (χ1n) is 6.44. The van der Waals surface area contributed by atoms with Gasteiger partial charge in [-0.15, -0.1) is 0 Å². The molecule has 4 nitrogen and oxygen atoms in total. The molecule has 1 heterocycles. The van der Waals surface area contributed by atoms with Crippen LogP contribution in [0.1, 0.15) is 21.6 Å². The molecule has 0 aliphatic carbocycles. The van der Waals surface area contributed by atoms with E-state index in [4.69, 9.17) is 17.3 Å². The number of carbonyl (C=O) groups is 1. The van der Waals surface area contributed by atoms with Gasteiger partial charge in [0.2, 0.25) is 0 Å². The van der Waals surface area contributed by atoms with Crippen LogP contribution in [0.4, 0.5) is 5.69 Å². The van der Waals surface area contributed by atoms with Gasteiger partial charge in [-0.3, -0.25) is 4.79 Å². The molecule has 0 aliphatic heterocycles. The molecule has 108 valence electrons. The summed E-state index contributed by atoms with van der Waals surface area (Å²) in [6.45, 7) is 2.23. The Morgan fingerprint density at radius 3 is 2.81 bits per heavy atom. The number of nitrogens with zero attached hydrogens (tertiary/aromatic N) is 1. The molecule has 2 aromatic rings. The largest absolute Gasteiger partial charge is 0.345 e. The molecule has 0 spiro atoms. The van der Waals surface area contributed by atoms with E-state index in [2.05, 4.69) is 17.2 Å². The zero-order valence-corrected chi connectivity index (χ0v) is 12.7. The Hall–Kier alpha value is -2.22. The lowest BCUT2D eigenvalue weighted by molar-refractivity contribution is 0.101. The summed E-state index contributed by atoms with van der Waals surface area (Å²) in [5.41, 5.74) is 8.35. The molecule has 0 fully saturated rings. The van der Waals surface area contributed by atoms with Gasteiger partial charge in [0.15, 0.2) is 0 Å². The summed E-state index contributed by atoms with van der Waals surface area (Å²) in [5, 5.41) is 3.41. The summed E-state index contributed by atoms with van der Waals surface area (Å²) in [5.74, 6) is 5.53. The molecule has 0 atom stereocenters. The van der Waals surface area contributed by atoms with Gasteiger partial charge in [0, 0.05) is 24.5 Å². The first-order chi connectivity index (χ1) is 10.0. The SMILES string of the molecule is Cc1ccc(C#CCN)cc1NC(=O)c1cc(Cl)cn1C. The fraction of sp³-hybridized carbons (Fsp3) is 0.188. The maximum atomic E-state index is 12.3. The van der Waals surface area contributed by atoms with Crippen molar-refractivity contribution >= 4 is 23.2 Å². The van der Waals surface area contributed by atoms with Gasteiger partial charge in [-0.2, -0.15) is 0 Å². The van der Waals surface area contributed by atoms with Crippen molar-refractivity contribution in [3.8, 4) is 11.8 Å². The van der Waals surface area contributed by atoms with Crippen molar-refractivity contribution < 1.29 is 4.79 Å². The quantitative estimate of drug-likeness (QED) is 0.838. The van der Waals surface area contributed by atoms with Crippen molar-refractivity contribution in [1.82, 2.24) is 4.57 Å². The number of benzene rings is 1. The third-order valence-electron chi connectivity index (χ3n) is 3.02. The summed E-state index contributed by atoms with van der Waals surface area (Å²) < 4.78 is 1.69. The van der Waals surface area contributed by atoms with E-state index in [1.54, 1.807) is 23.9 Å². The smallest absolute Gasteiger partial charge is 0.272 e. The maximum Gasteiger partial charge on any atom is 0.272 e. The van der Waals surface area contributed by atoms with Gasteiger partial charge in [-0.1, -0.05) is 29.5 Å². The Morgan fingerprint density at radius 2 is 2.19 bits per heavy atom. The lowest BCUT2D eigenvalue weighted by atomic mass is 10.1. The second-order valence-electron chi connectivity index (χ2n) is 4.64. The molecule has 3 N–H and O–H groups in total. The second kappa shape index (κ2) is 6.49. The van der Waals surface area contributed by atoms with Crippen LogP contribution in [0.15, 0.2) is 30.5 Å². The minimum absolute atomic E-state index is 0.212. The van der Waals surface area contributed by atoms with Crippen LogP contribution in [0.3, 0.4) is 0 Å². The number of carbonyl (C=O) groups excluding carboxylic acids is 1. The van der Waals surface area contributed by atoms with E-state index in [0.717, 1.165) is 16.8 Å². The Bertz CT molecular complexity index is 738. The van der Waals surface area contributed by atoms with Crippen molar-refractivity contribution in [2.75, 3.05) is 11.9 Å². The highest BCUT2D eigenvalue weighted by Gasteiger charge is 2.12. The zero-order chi connectivity index (χ0) is 15.4. The van der Waals surface area contributed by atoms with E-state index in [-0.39, 0.29) is 5.91 Å². The molecule has 0 saturated heterocycles. The third-order valence-corrected chi connectivity index (χ3v) is 3.23. The third kappa shape index (κ3) is 3.66. The fourth-order valence-electron chi connectivity index (χ4n) is 1.92. The number of anilines is 1. The topological polar surface area (TPSA) is 60.0 Å². The van der Waals surface area contributed by atoms with E-state index in [0.29, 0.717) is 17.3 Å². The molecule has 0 aliphatic rings. The van der Waals surface area contributed by atoms with Crippen LogP contribution in [0.25, 0.3) is 0 Å². The highest BCUT2D eigenvalue weighted by molar-refractivity contribution is 6.31. The number of hydrogen-bond acceptors (Lipinski definition) is 2. The summed E-state index contributed by atoms with van der Waals surface area (Å²) >= 11 is 5.90. The molecule has 0 saturated carbocycles. The predicted octanol–water partition coefficient (Wildman–Crippen LogP) is 2.55. The first kappa shape index (κ1) is 15.2. The van der Waals surface area contributed by atoms with Crippen LogP contribution in [0.5, 0.6) is 0 Å². The zero-order valence-electron chi connectivity index (χ0n) is 11.9. The van der Waals surface area contributed by atoms with E-state index in [9.17, 15) is 4.79 Å². The second-order valence-corrected chi connectivity index (χ2v) is 5.08. The number of amides is 1. The van der Waals surface area contributed by atoms with E-state index in [1.807, 2.05) is 25.1 Å². The van der Waals surface area contributed by atoms with Crippen LogP contribution in [0.2, 0.25) is 5.02 Å². The van der Waals surface area contributed by atoms with Crippen molar-refractivity contribution in [2.45, 2.75) is 6.92 Å². The summed E-state index contributed by atoms with van der Waals surface area (Å²) in [6.07, 6.45) is 1.69. The maximum absolute atomic E-state index is 12.3. The van der Waals surface area contributed by atoms with E-state index in [1.165, 1.54) is 0 Å². The molecule has 21 heavy (non-hydrogen) atoms. The van der Waals surface area contributed by atoms with Gasteiger partial charge in [0.1, 0.15) is 5.69 Å². The molecule has 0 bridgehead atoms. The number of nitrogens with two attached hydrogens (primary N) is 1. The minimum atomic E-state index is -0.212. The van der Waals surface area contributed by atoms with Crippen LogP contribution in [-0.4, -0.2) is 17.0 Å². The molecule has 1 aromatic heterocycles. The summed E-state index contributed by atoms with van der Waals surface area (Å²) in [7, 11) is 1.77. The monoisotopic (exact) mass is 301 g/mol. The fourth-order valence-corrected chi connectivity index (χ4v) is 2.17. The number of rotatable bonds is 2. The van der Waals surface area contributed by atoms with E-state index < -0.39 is 0 Å². The Morgan fingerprint density at radius 1 is 1.43 bits per heavy atom. The van der Waals surface area contributed by atoms with Crippen molar-refractivity contribution in [3.63, 3.8) is 0 Å². The van der Waals surface area contributed by atoms with Crippen LogP contribution >= 0.6 is 11.6 Å². The molecule has 1 aromatic carbocycles. The van der Waals surface area contributed by atoms with Gasteiger partial charge in [0.05, 0.1) is 11.6 Å². The average Bonchev–Trinajstić information content (AvgIpc) is 2.78. The van der Waals surface area contributed by atoms with Crippen LogP contribution < -0.4 is 11.1 Å². The predicted molar refractivity (Wildman–Crippen MR) is 85.5 cm³/mol. The highest BCUT2D eigenvalue weighted by Crippen LogP contribution is 2.19. The van der Waals surface area contributed by atoms with Crippen LogP contribution in [0, 0.1) is 18.8 Å². The molecule has 5 heteroatoms. The molecular formula is C16H16ClN3O. The van der Waals surface area contributed by atoms with Gasteiger partial charge in [-0.05, 0) is 30.7 Å². The van der Waals surface area contributed by atoms with Gasteiger partial charge < -0.3 is 15.6 Å². The lowest BCUT2D eigenvalue weighted by Crippen LogP contribution is -2.16. The molecule has 0 radical (unpaired) electrons. The number of halogens is 1. The minimum Gasteiger partial charge on any atom is -0.345 e. The summed E-state index contributed by atoms with van der Waals surface area (Å²) in [4.78, 5) is 12.3. The van der Waals surface area contributed by atoms with Gasteiger partial charge in [0.25, 0.3) is 5.91 Å². The lowest BCUT2D eigenvalue weighted by Gasteiger charge is -2.09. The average molecular weight is 302 g/mol. The van der Waals surface area contributed by atoms with Gasteiger partial charge in [-0.25, -0.2) is 0 Å². The molecular weight excluding hydrogens is 286 g/mol. The van der Waals surface area contributed by atoms with Gasteiger partial charge >= 0.3 is 0 Å². The molecule has 1 amide bonds. The van der Waals surface area contributed by atoms with E-state index >= 15 is 0 Å². The van der Waals surface area contributed by atoms with Crippen LogP contribution in [-0.2, 0) is 7.05 Å². The highest BCUT2D eigenvalue weighted by atomic mass is 35.5. The Kier molecular flexibility index (Phi) is 4.69. The standard InChI is InChI=1S/C16H16ClN3O/c1-11-5-6-12(4-3-7-18)8-14(11)19-16(21)15-9-13(17)10-20(15)2/h5-6,8-10H,7,18H2,1-2H3,(H,19,21). The number of aromatic nitrogens is 1. The normalized spacial score (nSPS) is 9.90. The Balaban J connectivity index is 2.26. The van der Waals surface area contributed by atoms with Crippen molar-refractivity contribution in [1.29, 1.82) is 0 Å². The first-order valence-corrected chi connectivity index (χ1v) is 6.82. The number of hydrogen-bond donors (Lipinski definition) is 2. The summed E-state index contributed by atoms with van der Waals surface area (Å²) in [6, 6.07) is 7.27.